The summed E-state index contributed by atoms with van der Waals surface area (Å²) >= 11 is 0. The number of para-hydroxylation sites is 1. The number of nitrogens with one attached hydrogen (secondary N) is 3. The van der Waals surface area contributed by atoms with E-state index < -0.39 is 36.7 Å². The van der Waals surface area contributed by atoms with Gasteiger partial charge in [-0.25, -0.2) is 8.78 Å². The van der Waals surface area contributed by atoms with Crippen molar-refractivity contribution < 1.29 is 18.4 Å². The molecule has 1 aromatic rings. The smallest absolute Gasteiger partial charge is 0.262 e. The second-order valence-electron chi connectivity index (χ2n) is 4.63. The molecule has 2 rings (SSSR count). The van der Waals surface area contributed by atoms with Gasteiger partial charge >= 0.3 is 0 Å². The van der Waals surface area contributed by atoms with Crippen molar-refractivity contribution in [2.45, 2.75) is 18.4 Å². The fourth-order valence-electron chi connectivity index (χ4n) is 1.92. The Balaban J connectivity index is 1.75. The standard InChI is InChI=1S/C13H15F2N3O2/c14-13(15)6-10(17-8-13)12(20)16-7-11(19)18-9-4-2-1-3-5-9/h1-5,10,17H,6-8H2,(H,16,20)(H,18,19). The average Bonchev–Trinajstić information content (AvgIpc) is 2.78. The van der Waals surface area contributed by atoms with E-state index in [0.29, 0.717) is 5.69 Å². The van der Waals surface area contributed by atoms with Crippen molar-refractivity contribution in [2.75, 3.05) is 18.4 Å². The largest absolute Gasteiger partial charge is 0.346 e. The van der Waals surface area contributed by atoms with Gasteiger partial charge in [0.05, 0.1) is 19.1 Å². The minimum absolute atomic E-state index is 0.253. The van der Waals surface area contributed by atoms with Crippen LogP contribution in [0.5, 0.6) is 0 Å². The van der Waals surface area contributed by atoms with Gasteiger partial charge in [-0.1, -0.05) is 18.2 Å². The number of hydrogen-bond acceptors (Lipinski definition) is 3. The Bertz CT molecular complexity index is 494. The van der Waals surface area contributed by atoms with Crippen molar-refractivity contribution in [3.05, 3.63) is 30.3 Å². The summed E-state index contributed by atoms with van der Waals surface area (Å²) in [6, 6.07) is 7.80. The molecule has 0 bridgehead atoms. The molecule has 5 nitrogen and oxygen atoms in total. The van der Waals surface area contributed by atoms with Gasteiger partial charge in [0.2, 0.25) is 11.8 Å². The summed E-state index contributed by atoms with van der Waals surface area (Å²) in [6.45, 7) is -0.765. The van der Waals surface area contributed by atoms with E-state index in [4.69, 9.17) is 0 Å². The molecule has 1 aliphatic rings. The van der Waals surface area contributed by atoms with Crippen LogP contribution in [0.15, 0.2) is 30.3 Å². The van der Waals surface area contributed by atoms with Crippen molar-refractivity contribution in [2.24, 2.45) is 0 Å². The van der Waals surface area contributed by atoms with Crippen LogP contribution in [0, 0.1) is 0 Å². The van der Waals surface area contributed by atoms with Crippen LogP contribution in [0.3, 0.4) is 0 Å². The van der Waals surface area contributed by atoms with E-state index in [2.05, 4.69) is 16.0 Å². The van der Waals surface area contributed by atoms with E-state index in [-0.39, 0.29) is 6.54 Å². The Morgan fingerprint density at radius 3 is 2.60 bits per heavy atom. The van der Waals surface area contributed by atoms with E-state index in [0.717, 1.165) is 0 Å². The third kappa shape index (κ3) is 3.99. The number of hydrogen-bond donors (Lipinski definition) is 3. The molecular formula is C13H15F2N3O2. The van der Waals surface area contributed by atoms with Gasteiger partial charge < -0.3 is 10.6 Å². The molecule has 1 fully saturated rings. The maximum Gasteiger partial charge on any atom is 0.262 e. The van der Waals surface area contributed by atoms with E-state index in [9.17, 15) is 18.4 Å². The van der Waals surface area contributed by atoms with Crippen LogP contribution in [0.1, 0.15) is 6.42 Å². The number of carbonyl (C=O) groups excluding carboxylic acids is 2. The molecule has 108 valence electrons. The van der Waals surface area contributed by atoms with Crippen LogP contribution >= 0.6 is 0 Å². The zero-order chi connectivity index (χ0) is 14.6. The maximum atomic E-state index is 12.9. The summed E-state index contributed by atoms with van der Waals surface area (Å²) in [4.78, 5) is 23.2. The summed E-state index contributed by atoms with van der Waals surface area (Å²) in [7, 11) is 0. The highest BCUT2D eigenvalue weighted by molar-refractivity contribution is 5.95. The monoisotopic (exact) mass is 283 g/mol. The molecule has 1 heterocycles. The van der Waals surface area contributed by atoms with Crippen LogP contribution in [0.4, 0.5) is 14.5 Å². The zero-order valence-electron chi connectivity index (χ0n) is 10.7. The summed E-state index contributed by atoms with van der Waals surface area (Å²) in [6.07, 6.45) is -0.543. The predicted molar refractivity (Wildman–Crippen MR) is 69.4 cm³/mol. The van der Waals surface area contributed by atoms with E-state index in [1.165, 1.54) is 0 Å². The zero-order valence-corrected chi connectivity index (χ0v) is 10.7. The molecule has 3 N–H and O–H groups in total. The molecule has 20 heavy (non-hydrogen) atoms. The number of benzene rings is 1. The second-order valence-corrected chi connectivity index (χ2v) is 4.63. The van der Waals surface area contributed by atoms with E-state index in [1.54, 1.807) is 24.3 Å². The van der Waals surface area contributed by atoms with E-state index in [1.807, 2.05) is 6.07 Å². The highest BCUT2D eigenvalue weighted by Gasteiger charge is 2.42. The highest BCUT2D eigenvalue weighted by Crippen LogP contribution is 2.24. The molecule has 1 aliphatic heterocycles. The fourth-order valence-corrected chi connectivity index (χ4v) is 1.92. The van der Waals surface area contributed by atoms with Crippen LogP contribution in [0.2, 0.25) is 0 Å². The Kier molecular flexibility index (Phi) is 4.29. The first-order valence-electron chi connectivity index (χ1n) is 6.20. The number of alkyl halides is 2. The summed E-state index contributed by atoms with van der Waals surface area (Å²) in [5.74, 6) is -3.87. The topological polar surface area (TPSA) is 70.2 Å². The lowest BCUT2D eigenvalue weighted by atomic mass is 10.2. The molecule has 7 heteroatoms. The molecule has 1 saturated heterocycles. The van der Waals surface area contributed by atoms with Gasteiger partial charge in [-0.2, -0.15) is 0 Å². The molecular weight excluding hydrogens is 268 g/mol. The van der Waals surface area contributed by atoms with E-state index >= 15 is 0 Å². The predicted octanol–water partition coefficient (Wildman–Crippen LogP) is 0.738. The lowest BCUT2D eigenvalue weighted by Gasteiger charge is -2.11. The molecule has 2 amide bonds. The van der Waals surface area contributed by atoms with Crippen molar-refractivity contribution in [3.63, 3.8) is 0 Å². The third-order valence-corrected chi connectivity index (χ3v) is 2.91. The van der Waals surface area contributed by atoms with Gasteiger partial charge in [-0.15, -0.1) is 0 Å². The van der Waals surface area contributed by atoms with Crippen molar-refractivity contribution in [1.82, 2.24) is 10.6 Å². The molecule has 0 aromatic heterocycles. The van der Waals surface area contributed by atoms with Gasteiger partial charge in [0.25, 0.3) is 5.92 Å². The first-order chi connectivity index (χ1) is 9.46. The quantitative estimate of drug-likeness (QED) is 0.763. The van der Waals surface area contributed by atoms with Gasteiger partial charge in [-0.3, -0.25) is 14.9 Å². The van der Waals surface area contributed by atoms with Gasteiger partial charge in [0.1, 0.15) is 0 Å². The number of amides is 2. The molecule has 1 atom stereocenters. The van der Waals surface area contributed by atoms with Gasteiger partial charge in [0, 0.05) is 12.1 Å². The Hall–Kier alpha value is -2.02. The summed E-state index contributed by atoms with van der Waals surface area (Å²) in [5, 5.41) is 7.34. The Morgan fingerprint density at radius 1 is 1.30 bits per heavy atom. The van der Waals surface area contributed by atoms with Crippen molar-refractivity contribution in [3.8, 4) is 0 Å². The molecule has 1 unspecified atom stereocenters. The molecule has 0 spiro atoms. The fraction of sp³-hybridized carbons (Fsp3) is 0.385. The Morgan fingerprint density at radius 2 is 2.00 bits per heavy atom. The van der Waals surface area contributed by atoms with Crippen LogP contribution in [0.25, 0.3) is 0 Å². The van der Waals surface area contributed by atoms with Crippen LogP contribution in [-0.2, 0) is 9.59 Å². The maximum absolute atomic E-state index is 12.9. The molecule has 1 aromatic carbocycles. The van der Waals surface area contributed by atoms with Gasteiger partial charge in [0.15, 0.2) is 0 Å². The Labute approximate surface area is 114 Å². The SMILES string of the molecule is O=C(CNC(=O)C1CC(F)(F)CN1)Nc1ccccc1. The van der Waals surface area contributed by atoms with Crippen LogP contribution in [-0.4, -0.2) is 36.9 Å². The second kappa shape index (κ2) is 5.96. The average molecular weight is 283 g/mol. The number of anilines is 1. The third-order valence-electron chi connectivity index (χ3n) is 2.91. The molecule has 0 radical (unpaired) electrons. The first-order valence-corrected chi connectivity index (χ1v) is 6.20. The number of carbonyl (C=O) groups is 2. The van der Waals surface area contributed by atoms with Crippen molar-refractivity contribution in [1.29, 1.82) is 0 Å². The summed E-state index contributed by atoms with van der Waals surface area (Å²) in [5.41, 5.74) is 0.609. The van der Waals surface area contributed by atoms with Gasteiger partial charge in [-0.05, 0) is 12.1 Å². The summed E-state index contributed by atoms with van der Waals surface area (Å²) < 4.78 is 25.8. The normalized spacial score (nSPS) is 20.4. The molecule has 0 aliphatic carbocycles. The number of rotatable bonds is 4. The molecule has 0 saturated carbocycles. The first kappa shape index (κ1) is 14.4. The van der Waals surface area contributed by atoms with Crippen molar-refractivity contribution >= 4 is 17.5 Å². The minimum atomic E-state index is -2.87. The lowest BCUT2D eigenvalue weighted by Crippen LogP contribution is -2.43. The minimum Gasteiger partial charge on any atom is -0.346 e. The highest BCUT2D eigenvalue weighted by atomic mass is 19.3. The van der Waals surface area contributed by atoms with Crippen LogP contribution < -0.4 is 16.0 Å². The number of halogens is 2. The lowest BCUT2D eigenvalue weighted by molar-refractivity contribution is -0.125.